The number of allylic oxidation sites excluding steroid dienone is 5. The van der Waals surface area contributed by atoms with Crippen molar-refractivity contribution in [1.29, 1.82) is 5.41 Å². The van der Waals surface area contributed by atoms with Gasteiger partial charge in [0.1, 0.15) is 11.5 Å². The lowest BCUT2D eigenvalue weighted by Gasteiger charge is -2.26. The maximum Gasteiger partial charge on any atom is 0.231 e. The summed E-state index contributed by atoms with van der Waals surface area (Å²) in [7, 11) is 0. The number of hydrogen-bond donors (Lipinski definition) is 2. The molecule has 2 heterocycles. The summed E-state index contributed by atoms with van der Waals surface area (Å²) in [4.78, 5) is 15.5. The number of fused-ring (bicyclic) bond motifs is 3. The Morgan fingerprint density at radius 1 is 0.604 bits per heavy atom. The van der Waals surface area contributed by atoms with Gasteiger partial charge in [-0.1, -0.05) is 152 Å². The average molecular weight is 683 g/mol. The van der Waals surface area contributed by atoms with Gasteiger partial charge < -0.3 is 0 Å². The van der Waals surface area contributed by atoms with Gasteiger partial charge in [0.15, 0.2) is 0 Å². The van der Waals surface area contributed by atoms with Crippen molar-refractivity contribution in [3.8, 4) is 44.9 Å². The van der Waals surface area contributed by atoms with Crippen LogP contribution in [0.4, 0.5) is 0 Å². The van der Waals surface area contributed by atoms with Crippen molar-refractivity contribution in [1.82, 2.24) is 15.0 Å². The van der Waals surface area contributed by atoms with Gasteiger partial charge in [0.05, 0.1) is 28.2 Å². The first kappa shape index (κ1) is 32.1. The first-order valence-corrected chi connectivity index (χ1v) is 17.9. The summed E-state index contributed by atoms with van der Waals surface area (Å²) in [5.74, 6) is 0.812. The summed E-state index contributed by atoms with van der Waals surface area (Å²) < 4.78 is 0. The van der Waals surface area contributed by atoms with Gasteiger partial charge in [-0.25, -0.2) is 15.0 Å². The molecule has 2 aliphatic carbocycles. The fourth-order valence-electron chi connectivity index (χ4n) is 7.37. The molecule has 0 saturated carbocycles. The van der Waals surface area contributed by atoms with Crippen LogP contribution in [0, 0.1) is 5.41 Å². The van der Waals surface area contributed by atoms with Crippen LogP contribution in [0.25, 0.3) is 67.5 Å². The molecule has 0 bridgehead atoms. The molecular weight excluding hydrogens is 647 g/mol. The number of hydrogen-bond acceptors (Lipinski definition) is 4. The maximum atomic E-state index is 9.12. The number of aromatic nitrogens is 3. The zero-order valence-corrected chi connectivity index (χ0v) is 29.3. The molecule has 1 atom stereocenters. The topological polar surface area (TPSA) is 88.1 Å². The van der Waals surface area contributed by atoms with Crippen LogP contribution in [0.5, 0.6) is 0 Å². The summed E-state index contributed by atoms with van der Waals surface area (Å²) in [6.45, 7) is 2.20. The minimum Gasteiger partial charge on any atom is -0.294 e. The molecule has 5 nitrogen and oxygen atoms in total. The molecule has 0 amide bonds. The molecular formula is C48H36N5+. The molecule has 2 aromatic heterocycles. The van der Waals surface area contributed by atoms with E-state index in [-0.39, 0.29) is 5.41 Å². The smallest absolute Gasteiger partial charge is 0.231 e. The van der Waals surface area contributed by atoms with Crippen LogP contribution in [0.15, 0.2) is 164 Å². The lowest BCUT2D eigenvalue weighted by atomic mass is 9.82. The second-order valence-electron chi connectivity index (χ2n) is 13.9. The third-order valence-corrected chi connectivity index (χ3v) is 10.3. The van der Waals surface area contributed by atoms with E-state index in [1.54, 1.807) is 0 Å². The van der Waals surface area contributed by atoms with Crippen LogP contribution in [0.3, 0.4) is 0 Å². The van der Waals surface area contributed by atoms with Crippen molar-refractivity contribution in [3.05, 3.63) is 186 Å². The van der Waals surface area contributed by atoms with Crippen LogP contribution in [0.1, 0.15) is 35.9 Å². The second-order valence-corrected chi connectivity index (χ2v) is 13.9. The number of nitrogens with two attached hydrogens (primary N) is 1. The molecule has 5 aromatic carbocycles. The van der Waals surface area contributed by atoms with Crippen LogP contribution in [0.2, 0.25) is 0 Å². The maximum absolute atomic E-state index is 9.12. The lowest BCUT2D eigenvalue weighted by Crippen LogP contribution is -2.47. The zero-order chi connectivity index (χ0) is 35.9. The third-order valence-electron chi connectivity index (χ3n) is 10.3. The molecule has 9 rings (SSSR count). The average Bonchev–Trinajstić information content (AvgIpc) is 3.22. The Balaban J connectivity index is 1.14. The normalized spacial score (nSPS) is 16.4. The van der Waals surface area contributed by atoms with Gasteiger partial charge >= 0.3 is 0 Å². The summed E-state index contributed by atoms with van der Waals surface area (Å²) in [5.41, 5.74) is 12.7. The molecule has 53 heavy (non-hydrogen) atoms. The van der Waals surface area contributed by atoms with Crippen molar-refractivity contribution < 1.29 is 5.41 Å². The van der Waals surface area contributed by atoms with Crippen molar-refractivity contribution in [3.63, 3.8) is 0 Å². The van der Waals surface area contributed by atoms with Crippen molar-refractivity contribution in [2.75, 3.05) is 0 Å². The molecule has 252 valence electrons. The largest absolute Gasteiger partial charge is 0.294 e. The van der Waals surface area contributed by atoms with E-state index in [4.69, 9.17) is 25.8 Å². The molecule has 5 heteroatoms. The summed E-state index contributed by atoms with van der Waals surface area (Å²) >= 11 is 0. The zero-order valence-electron chi connectivity index (χ0n) is 29.3. The molecule has 3 N–H and O–H groups in total. The van der Waals surface area contributed by atoms with Crippen LogP contribution in [-0.4, -0.2) is 26.4 Å². The first-order chi connectivity index (χ1) is 25.9. The Morgan fingerprint density at radius 3 is 1.83 bits per heavy atom. The van der Waals surface area contributed by atoms with E-state index in [9.17, 15) is 0 Å². The molecule has 7 aromatic rings. The molecule has 2 aliphatic rings. The van der Waals surface area contributed by atoms with Crippen LogP contribution in [-0.2, 0) is 5.41 Å². The van der Waals surface area contributed by atoms with Crippen molar-refractivity contribution >= 4 is 34.0 Å². The number of rotatable bonds is 6. The number of nitrogens with one attached hydrogen (secondary N) is 1. The van der Waals surface area contributed by atoms with Gasteiger partial charge in [0.25, 0.3) is 0 Å². The monoisotopic (exact) mass is 682 g/mol. The highest BCUT2D eigenvalue weighted by atomic mass is 14.9. The van der Waals surface area contributed by atoms with E-state index in [0.29, 0.717) is 11.4 Å². The summed E-state index contributed by atoms with van der Waals surface area (Å²) in [6, 6.07) is 47.5. The van der Waals surface area contributed by atoms with E-state index in [1.165, 1.54) is 0 Å². The Morgan fingerprint density at radius 2 is 1.19 bits per heavy atom. The van der Waals surface area contributed by atoms with E-state index in [1.807, 2.05) is 66.7 Å². The van der Waals surface area contributed by atoms with Crippen molar-refractivity contribution in [2.45, 2.75) is 18.8 Å². The fourth-order valence-corrected chi connectivity index (χ4v) is 7.37. The van der Waals surface area contributed by atoms with Gasteiger partial charge in [-0.15, -0.1) is 0 Å². The molecule has 0 radical (unpaired) electrons. The number of nitrogens with zero attached hydrogens (tertiary/aromatic N) is 3. The van der Waals surface area contributed by atoms with E-state index < -0.39 is 0 Å². The number of pyridine rings is 1. The predicted octanol–water partition coefficient (Wildman–Crippen LogP) is 9.59. The predicted molar refractivity (Wildman–Crippen MR) is 217 cm³/mol. The second kappa shape index (κ2) is 13.0. The number of benzene rings is 5. The first-order valence-electron chi connectivity index (χ1n) is 17.9. The Bertz CT molecular complexity index is 2660. The molecule has 0 fully saturated rings. The van der Waals surface area contributed by atoms with Crippen molar-refractivity contribution in [2.24, 2.45) is 0 Å². The third kappa shape index (κ3) is 5.82. The van der Waals surface area contributed by atoms with Crippen LogP contribution >= 0.6 is 0 Å². The van der Waals surface area contributed by atoms with Gasteiger partial charge in [0, 0.05) is 38.6 Å². The van der Waals surface area contributed by atoms with Gasteiger partial charge in [-0.2, -0.15) is 0 Å². The fraction of sp³-hybridized carbons (Fsp3) is 0.0625. The molecule has 0 saturated heterocycles. The molecule has 0 spiro atoms. The Hall–Kier alpha value is -6.85. The van der Waals surface area contributed by atoms with E-state index in [2.05, 4.69) is 110 Å². The quantitative estimate of drug-likeness (QED) is 0.183. The Labute approximate surface area is 308 Å². The van der Waals surface area contributed by atoms with E-state index in [0.717, 1.165) is 90.3 Å². The minimum absolute atomic E-state index is 0.289. The van der Waals surface area contributed by atoms with Gasteiger partial charge in [-0.3, -0.25) is 10.8 Å². The Kier molecular flexibility index (Phi) is 7.89. The molecule has 0 aliphatic heterocycles. The van der Waals surface area contributed by atoms with Gasteiger partial charge in [-0.05, 0) is 48.2 Å². The highest BCUT2D eigenvalue weighted by Crippen LogP contribution is 2.39. The minimum atomic E-state index is -0.289. The lowest BCUT2D eigenvalue weighted by molar-refractivity contribution is -0.109. The van der Waals surface area contributed by atoms with Gasteiger partial charge in [0.2, 0.25) is 5.71 Å². The SMILES string of the molecule is CC1(c2nc(-c3ccccc3)cc(-c3ccc(-c4ccc5c6c(c(-c7ccccc7)nc5c4)C=C(c4ccccc4)C(=N)C6=[NH2+])cc3)n2)C=CC=CC1. The van der Waals surface area contributed by atoms with Crippen LogP contribution < -0.4 is 5.41 Å². The highest BCUT2D eigenvalue weighted by molar-refractivity contribution is 6.63. The van der Waals surface area contributed by atoms with E-state index >= 15 is 0 Å². The highest BCUT2D eigenvalue weighted by Gasteiger charge is 2.32. The molecule has 1 unspecified atom stereocenters. The summed E-state index contributed by atoms with van der Waals surface area (Å²) in [5, 5.41) is 16.9. The summed E-state index contributed by atoms with van der Waals surface area (Å²) in [6.07, 6.45) is 11.5. The standard InChI is InChI=1S/C48H35N5/c1-48(26-12-5-13-27-48)47-52-40(33-16-8-3-9-17-33)30-41(53-47)34-22-20-31(21-23-34)36-24-25-37-42(28-36)51-46(35-18-10-4-11-19-35)39-29-38(32-14-6-2-7-15-32)44(49)45(50)43(37)39/h2-26,28-30,49-50H,27H2,1H3/p+1.